The molecule has 9 heteroatoms. The summed E-state index contributed by atoms with van der Waals surface area (Å²) in [7, 11) is -4.31. The van der Waals surface area contributed by atoms with Crippen LogP contribution in [0.2, 0.25) is 0 Å². The lowest BCUT2D eigenvalue weighted by molar-refractivity contribution is 0.0661. The van der Waals surface area contributed by atoms with Gasteiger partial charge in [-0.1, -0.05) is 0 Å². The Kier molecular flexibility index (Phi) is 3.69. The van der Waals surface area contributed by atoms with Crippen molar-refractivity contribution in [1.82, 2.24) is 0 Å². The Labute approximate surface area is 118 Å². The molecule has 6 nitrogen and oxygen atoms in total. The van der Waals surface area contributed by atoms with E-state index < -0.39 is 44.0 Å². The molecule has 0 aliphatic rings. The van der Waals surface area contributed by atoms with Crippen molar-refractivity contribution in [3.8, 4) is 0 Å². The molecule has 2 N–H and O–H groups in total. The van der Waals surface area contributed by atoms with E-state index in [0.29, 0.717) is 6.07 Å². The number of halogens is 2. The van der Waals surface area contributed by atoms with Gasteiger partial charge in [-0.25, -0.2) is 22.0 Å². The van der Waals surface area contributed by atoms with Crippen LogP contribution in [0.1, 0.15) is 16.3 Å². The summed E-state index contributed by atoms with van der Waals surface area (Å²) in [4.78, 5) is 10.3. The number of carbonyl (C=O) groups is 1. The minimum Gasteiger partial charge on any atom is -0.475 e. The van der Waals surface area contributed by atoms with Gasteiger partial charge in [-0.3, -0.25) is 4.72 Å². The number of aryl methyl sites for hydroxylation is 1. The van der Waals surface area contributed by atoms with Gasteiger partial charge >= 0.3 is 5.97 Å². The van der Waals surface area contributed by atoms with Crippen LogP contribution in [0.25, 0.3) is 0 Å². The Morgan fingerprint density at radius 1 is 1.29 bits per heavy atom. The zero-order valence-electron chi connectivity index (χ0n) is 10.6. The monoisotopic (exact) mass is 317 g/mol. The fourth-order valence-electron chi connectivity index (χ4n) is 1.61. The quantitative estimate of drug-likeness (QED) is 0.902. The number of furan rings is 1. The third kappa shape index (κ3) is 3.02. The molecule has 2 rings (SSSR count). The molecule has 1 heterocycles. The molecular formula is C12H9F2NO5S. The van der Waals surface area contributed by atoms with E-state index >= 15 is 0 Å². The second-order valence-corrected chi connectivity index (χ2v) is 5.72. The van der Waals surface area contributed by atoms with Crippen LogP contribution in [-0.4, -0.2) is 19.5 Å². The Morgan fingerprint density at radius 2 is 1.95 bits per heavy atom. The summed E-state index contributed by atoms with van der Waals surface area (Å²) in [6.07, 6.45) is 0. The van der Waals surface area contributed by atoms with E-state index in [0.717, 1.165) is 18.2 Å². The summed E-state index contributed by atoms with van der Waals surface area (Å²) < 4.78 is 57.2. The maximum absolute atomic E-state index is 13.4. The highest BCUT2D eigenvalue weighted by molar-refractivity contribution is 7.92. The summed E-state index contributed by atoms with van der Waals surface area (Å²) >= 11 is 0. The number of benzene rings is 1. The van der Waals surface area contributed by atoms with Crippen LogP contribution >= 0.6 is 0 Å². The van der Waals surface area contributed by atoms with Crippen molar-refractivity contribution in [2.75, 3.05) is 4.72 Å². The Bertz CT molecular complexity index is 813. The molecule has 1 aromatic carbocycles. The second-order valence-electron chi connectivity index (χ2n) is 4.07. The zero-order valence-corrected chi connectivity index (χ0v) is 11.4. The molecule has 0 saturated carbocycles. The van der Waals surface area contributed by atoms with Crippen LogP contribution in [0, 0.1) is 18.6 Å². The normalized spacial score (nSPS) is 11.4. The van der Waals surface area contributed by atoms with Gasteiger partial charge in [0.15, 0.2) is 0 Å². The van der Waals surface area contributed by atoms with Crippen LogP contribution in [0.3, 0.4) is 0 Å². The number of hydrogen-bond donors (Lipinski definition) is 2. The molecule has 0 fully saturated rings. The smallest absolute Gasteiger partial charge is 0.371 e. The summed E-state index contributed by atoms with van der Waals surface area (Å²) in [5, 5.41) is 8.74. The first-order valence-corrected chi connectivity index (χ1v) is 7.00. The van der Waals surface area contributed by atoms with Gasteiger partial charge in [0.05, 0.1) is 5.69 Å². The van der Waals surface area contributed by atoms with Gasteiger partial charge in [-0.2, -0.15) is 0 Å². The highest BCUT2D eigenvalue weighted by atomic mass is 32.2. The number of hydrogen-bond acceptors (Lipinski definition) is 4. The van der Waals surface area contributed by atoms with Crippen LogP contribution in [0.4, 0.5) is 14.5 Å². The van der Waals surface area contributed by atoms with E-state index in [4.69, 9.17) is 9.52 Å². The van der Waals surface area contributed by atoms with Gasteiger partial charge in [0.25, 0.3) is 10.0 Å². The van der Waals surface area contributed by atoms with Crippen LogP contribution in [-0.2, 0) is 10.0 Å². The number of carboxylic acids is 1. The van der Waals surface area contributed by atoms with Gasteiger partial charge in [0.1, 0.15) is 22.3 Å². The SMILES string of the molecule is Cc1oc(C(=O)O)cc1S(=O)(=O)Nc1cc(F)ccc1F. The highest BCUT2D eigenvalue weighted by Gasteiger charge is 2.25. The van der Waals surface area contributed by atoms with Gasteiger partial charge in [-0.15, -0.1) is 0 Å². The van der Waals surface area contributed by atoms with Crippen LogP contribution < -0.4 is 4.72 Å². The molecule has 112 valence electrons. The third-order valence-corrected chi connectivity index (χ3v) is 4.02. The highest BCUT2D eigenvalue weighted by Crippen LogP contribution is 2.24. The molecule has 0 aliphatic heterocycles. The Morgan fingerprint density at radius 3 is 2.52 bits per heavy atom. The minimum absolute atomic E-state index is 0.184. The zero-order chi connectivity index (χ0) is 15.8. The summed E-state index contributed by atoms with van der Waals surface area (Å²) in [5.41, 5.74) is -0.590. The van der Waals surface area contributed by atoms with Gasteiger partial charge in [0, 0.05) is 12.1 Å². The molecule has 0 atom stereocenters. The molecule has 21 heavy (non-hydrogen) atoms. The first-order chi connectivity index (χ1) is 9.70. The van der Waals surface area contributed by atoms with Crippen molar-refractivity contribution in [3.05, 3.63) is 47.4 Å². The lowest BCUT2D eigenvalue weighted by Gasteiger charge is -2.07. The first kappa shape index (κ1) is 15.0. The van der Waals surface area contributed by atoms with E-state index in [-0.39, 0.29) is 5.76 Å². The largest absolute Gasteiger partial charge is 0.475 e. The van der Waals surface area contributed by atoms with Crippen molar-refractivity contribution < 1.29 is 31.5 Å². The lowest BCUT2D eigenvalue weighted by atomic mass is 10.3. The number of nitrogens with one attached hydrogen (secondary N) is 1. The molecule has 0 amide bonds. The number of anilines is 1. The van der Waals surface area contributed by atoms with Gasteiger partial charge < -0.3 is 9.52 Å². The van der Waals surface area contributed by atoms with E-state index in [2.05, 4.69) is 0 Å². The molecular weight excluding hydrogens is 308 g/mol. The predicted octanol–water partition coefficient (Wildman–Crippen LogP) is 2.37. The minimum atomic E-state index is -4.31. The molecule has 0 spiro atoms. The van der Waals surface area contributed by atoms with Crippen molar-refractivity contribution >= 4 is 21.7 Å². The van der Waals surface area contributed by atoms with E-state index in [1.807, 2.05) is 4.72 Å². The van der Waals surface area contributed by atoms with E-state index in [9.17, 15) is 22.0 Å². The Hall–Kier alpha value is -2.42. The number of sulfonamides is 1. The summed E-state index contributed by atoms with van der Waals surface area (Å²) in [6, 6.07) is 3.05. The van der Waals surface area contributed by atoms with E-state index in [1.165, 1.54) is 6.92 Å². The maximum atomic E-state index is 13.4. The van der Waals surface area contributed by atoms with Crippen molar-refractivity contribution in [3.63, 3.8) is 0 Å². The number of rotatable bonds is 4. The van der Waals surface area contributed by atoms with Gasteiger partial charge in [0.2, 0.25) is 5.76 Å². The third-order valence-electron chi connectivity index (χ3n) is 2.55. The van der Waals surface area contributed by atoms with Crippen LogP contribution in [0.5, 0.6) is 0 Å². The standard InChI is InChI=1S/C12H9F2NO5S/c1-6-11(5-10(20-6)12(16)17)21(18,19)15-9-4-7(13)2-3-8(9)14/h2-5,15H,1H3,(H,16,17). The molecule has 0 unspecified atom stereocenters. The lowest BCUT2D eigenvalue weighted by Crippen LogP contribution is -2.14. The van der Waals surface area contributed by atoms with Crippen molar-refractivity contribution in [2.24, 2.45) is 0 Å². The molecule has 2 aromatic rings. The fraction of sp³-hybridized carbons (Fsp3) is 0.0833. The predicted molar refractivity (Wildman–Crippen MR) is 67.6 cm³/mol. The Balaban J connectivity index is 2.43. The summed E-state index contributed by atoms with van der Waals surface area (Å²) in [6.45, 7) is 1.24. The average molecular weight is 317 g/mol. The van der Waals surface area contributed by atoms with Crippen molar-refractivity contribution in [1.29, 1.82) is 0 Å². The molecule has 0 aliphatic carbocycles. The fourth-order valence-corrected chi connectivity index (χ4v) is 2.85. The molecule has 0 radical (unpaired) electrons. The first-order valence-electron chi connectivity index (χ1n) is 5.52. The maximum Gasteiger partial charge on any atom is 0.371 e. The van der Waals surface area contributed by atoms with E-state index in [1.54, 1.807) is 0 Å². The molecule has 0 saturated heterocycles. The number of aromatic carboxylic acids is 1. The van der Waals surface area contributed by atoms with Crippen molar-refractivity contribution in [2.45, 2.75) is 11.8 Å². The average Bonchev–Trinajstić information content (AvgIpc) is 2.77. The summed E-state index contributed by atoms with van der Waals surface area (Å²) in [5.74, 6) is -4.01. The van der Waals surface area contributed by atoms with Crippen LogP contribution in [0.15, 0.2) is 33.6 Å². The molecule has 0 bridgehead atoms. The topological polar surface area (TPSA) is 96.6 Å². The van der Waals surface area contributed by atoms with Gasteiger partial charge in [-0.05, 0) is 19.1 Å². The number of carboxylic acid groups (broad SMARTS) is 1. The molecule has 1 aromatic heterocycles. The second kappa shape index (κ2) is 5.17.